The van der Waals surface area contributed by atoms with Crippen molar-refractivity contribution >= 4 is 0 Å². The maximum atomic E-state index is 4.04. The second kappa shape index (κ2) is 8.14. The molecule has 0 atom stereocenters. The van der Waals surface area contributed by atoms with Gasteiger partial charge in [0, 0.05) is 0 Å². The van der Waals surface area contributed by atoms with Gasteiger partial charge in [-0.2, -0.15) is 0 Å². The Morgan fingerprint density at radius 3 is 0.900 bits per heavy atom. The SMILES string of the molecule is COOC.c1ccccc1. The van der Waals surface area contributed by atoms with E-state index in [1.54, 1.807) is 0 Å². The van der Waals surface area contributed by atoms with Gasteiger partial charge in [0.15, 0.2) is 0 Å². The van der Waals surface area contributed by atoms with Gasteiger partial charge >= 0.3 is 0 Å². The van der Waals surface area contributed by atoms with Gasteiger partial charge < -0.3 is 0 Å². The minimum atomic E-state index is 1.46. The third kappa shape index (κ3) is 7.14. The number of benzene rings is 1. The quantitative estimate of drug-likeness (QED) is 0.438. The summed E-state index contributed by atoms with van der Waals surface area (Å²) in [4.78, 5) is 8.08. The van der Waals surface area contributed by atoms with E-state index in [0.29, 0.717) is 0 Å². The predicted molar refractivity (Wildman–Crippen MR) is 40.5 cm³/mol. The molecule has 0 fully saturated rings. The normalized spacial score (nSPS) is 7.80. The first-order valence-electron chi connectivity index (χ1n) is 2.98. The van der Waals surface area contributed by atoms with Crippen molar-refractivity contribution in [3.8, 4) is 0 Å². The Bertz CT molecular complexity index is 99.2. The Labute approximate surface area is 61.3 Å². The highest BCUT2D eigenvalue weighted by atomic mass is 17.2. The van der Waals surface area contributed by atoms with Crippen LogP contribution in [0.3, 0.4) is 0 Å². The Kier molecular flexibility index (Phi) is 7.44. The zero-order chi connectivity index (χ0) is 7.66. The van der Waals surface area contributed by atoms with Gasteiger partial charge in [-0.3, -0.25) is 0 Å². The van der Waals surface area contributed by atoms with Crippen LogP contribution in [0, 0.1) is 0 Å². The molecule has 0 aromatic heterocycles. The van der Waals surface area contributed by atoms with Crippen molar-refractivity contribution in [1.29, 1.82) is 0 Å². The third-order valence-corrected chi connectivity index (χ3v) is 0.833. The van der Waals surface area contributed by atoms with Crippen molar-refractivity contribution in [2.75, 3.05) is 14.2 Å². The van der Waals surface area contributed by atoms with E-state index in [0.717, 1.165) is 0 Å². The molecule has 0 N–H and O–H groups in total. The molecule has 0 aliphatic rings. The second-order valence-electron chi connectivity index (χ2n) is 1.49. The van der Waals surface area contributed by atoms with Crippen LogP contribution in [0.1, 0.15) is 0 Å². The fraction of sp³-hybridized carbons (Fsp3) is 0.250. The summed E-state index contributed by atoms with van der Waals surface area (Å²) in [5, 5.41) is 0. The van der Waals surface area contributed by atoms with Crippen LogP contribution in [0.5, 0.6) is 0 Å². The summed E-state index contributed by atoms with van der Waals surface area (Å²) >= 11 is 0. The predicted octanol–water partition coefficient (Wildman–Crippen LogP) is 1.88. The first-order chi connectivity index (χ1) is 4.91. The summed E-state index contributed by atoms with van der Waals surface area (Å²) in [7, 11) is 2.92. The molecule has 1 aromatic rings. The van der Waals surface area contributed by atoms with Crippen LogP contribution in [-0.2, 0) is 9.78 Å². The molecule has 1 rings (SSSR count). The fourth-order valence-electron chi connectivity index (χ4n) is 0.385. The van der Waals surface area contributed by atoms with Crippen molar-refractivity contribution < 1.29 is 9.78 Å². The van der Waals surface area contributed by atoms with Crippen LogP contribution in [0.25, 0.3) is 0 Å². The lowest BCUT2D eigenvalue weighted by Gasteiger charge is -1.78. The van der Waals surface area contributed by atoms with E-state index in [-0.39, 0.29) is 0 Å². The summed E-state index contributed by atoms with van der Waals surface area (Å²) in [5.74, 6) is 0. The van der Waals surface area contributed by atoms with Gasteiger partial charge in [-0.25, -0.2) is 9.78 Å². The maximum absolute atomic E-state index is 4.04. The Morgan fingerprint density at radius 1 is 0.600 bits per heavy atom. The van der Waals surface area contributed by atoms with Gasteiger partial charge in [0.1, 0.15) is 0 Å². The molecule has 2 heteroatoms. The van der Waals surface area contributed by atoms with Crippen molar-refractivity contribution in [2.24, 2.45) is 0 Å². The highest BCUT2D eigenvalue weighted by Crippen LogP contribution is 1.79. The van der Waals surface area contributed by atoms with E-state index < -0.39 is 0 Å². The average molecular weight is 140 g/mol. The Balaban J connectivity index is 0.000000180. The minimum Gasteiger partial charge on any atom is -0.240 e. The fourth-order valence-corrected chi connectivity index (χ4v) is 0.385. The van der Waals surface area contributed by atoms with Crippen molar-refractivity contribution in [1.82, 2.24) is 0 Å². The van der Waals surface area contributed by atoms with Gasteiger partial charge in [0.05, 0.1) is 14.2 Å². The molecule has 1 aromatic carbocycles. The van der Waals surface area contributed by atoms with Gasteiger partial charge in [-0.1, -0.05) is 36.4 Å². The van der Waals surface area contributed by atoms with Crippen LogP contribution in [0.2, 0.25) is 0 Å². The van der Waals surface area contributed by atoms with E-state index in [1.165, 1.54) is 14.2 Å². The Hall–Kier alpha value is -0.860. The summed E-state index contributed by atoms with van der Waals surface area (Å²) in [6.07, 6.45) is 0. The van der Waals surface area contributed by atoms with E-state index in [1.807, 2.05) is 36.4 Å². The van der Waals surface area contributed by atoms with Crippen LogP contribution in [-0.4, -0.2) is 14.2 Å². The van der Waals surface area contributed by atoms with Crippen molar-refractivity contribution in [2.45, 2.75) is 0 Å². The summed E-state index contributed by atoms with van der Waals surface area (Å²) < 4.78 is 0. The highest BCUT2D eigenvalue weighted by Gasteiger charge is 1.57. The minimum absolute atomic E-state index is 1.46. The standard InChI is InChI=1S/C6H6.C2H6O2/c1-2-4-6-5-3-1;1-3-4-2/h1-6H;1-2H3. The summed E-state index contributed by atoms with van der Waals surface area (Å²) in [6, 6.07) is 12.0. The van der Waals surface area contributed by atoms with Crippen LogP contribution in [0.15, 0.2) is 36.4 Å². The monoisotopic (exact) mass is 140 g/mol. The molecule has 0 saturated carbocycles. The molecule has 0 aliphatic carbocycles. The zero-order valence-electron chi connectivity index (χ0n) is 6.28. The van der Waals surface area contributed by atoms with E-state index in [4.69, 9.17) is 0 Å². The molecule has 10 heavy (non-hydrogen) atoms. The topological polar surface area (TPSA) is 18.5 Å². The van der Waals surface area contributed by atoms with Crippen LogP contribution in [0.4, 0.5) is 0 Å². The second-order valence-corrected chi connectivity index (χ2v) is 1.49. The lowest BCUT2D eigenvalue weighted by Crippen LogP contribution is -1.72. The highest BCUT2D eigenvalue weighted by molar-refractivity contribution is 4.99. The maximum Gasteiger partial charge on any atom is 0.0712 e. The van der Waals surface area contributed by atoms with E-state index in [9.17, 15) is 0 Å². The van der Waals surface area contributed by atoms with Gasteiger partial charge in [-0.05, 0) is 0 Å². The molecule has 0 spiro atoms. The molecule has 2 nitrogen and oxygen atoms in total. The zero-order valence-corrected chi connectivity index (χ0v) is 6.28. The number of rotatable bonds is 1. The molecule has 0 bridgehead atoms. The molecule has 0 unspecified atom stereocenters. The molecule has 0 saturated heterocycles. The van der Waals surface area contributed by atoms with Crippen LogP contribution < -0.4 is 0 Å². The summed E-state index contributed by atoms with van der Waals surface area (Å²) in [6.45, 7) is 0. The van der Waals surface area contributed by atoms with Gasteiger partial charge in [0.2, 0.25) is 0 Å². The smallest absolute Gasteiger partial charge is 0.0712 e. The van der Waals surface area contributed by atoms with Crippen LogP contribution >= 0.6 is 0 Å². The van der Waals surface area contributed by atoms with E-state index in [2.05, 4.69) is 9.78 Å². The average Bonchev–Trinajstić information content (AvgIpc) is 2.08. The van der Waals surface area contributed by atoms with Gasteiger partial charge in [0.25, 0.3) is 0 Å². The number of hydrogen-bond acceptors (Lipinski definition) is 2. The molecule has 0 radical (unpaired) electrons. The number of hydrogen-bond donors (Lipinski definition) is 0. The largest absolute Gasteiger partial charge is 0.240 e. The first-order valence-corrected chi connectivity index (χ1v) is 2.98. The lowest BCUT2D eigenvalue weighted by atomic mass is 10.4. The van der Waals surface area contributed by atoms with E-state index >= 15 is 0 Å². The molecule has 0 heterocycles. The molecule has 0 aliphatic heterocycles. The third-order valence-electron chi connectivity index (χ3n) is 0.833. The first kappa shape index (κ1) is 9.14. The summed E-state index contributed by atoms with van der Waals surface area (Å²) in [5.41, 5.74) is 0. The lowest BCUT2D eigenvalue weighted by molar-refractivity contribution is -0.248. The molecule has 0 amide bonds. The van der Waals surface area contributed by atoms with Crippen molar-refractivity contribution in [3.63, 3.8) is 0 Å². The van der Waals surface area contributed by atoms with Gasteiger partial charge in [-0.15, -0.1) is 0 Å². The molecule has 56 valence electrons. The Morgan fingerprint density at radius 2 is 0.800 bits per heavy atom. The molecular formula is C8H12O2. The van der Waals surface area contributed by atoms with Crippen molar-refractivity contribution in [3.05, 3.63) is 36.4 Å². The molecular weight excluding hydrogens is 128 g/mol.